The van der Waals surface area contributed by atoms with Gasteiger partial charge in [0.1, 0.15) is 11.7 Å². The molecule has 0 aliphatic carbocycles. The van der Waals surface area contributed by atoms with Gasteiger partial charge in [-0.3, -0.25) is 19.7 Å². The molecule has 0 saturated heterocycles. The molecule has 194 valence electrons. The average molecular weight is 564 g/mol. The third-order valence-corrected chi connectivity index (χ3v) is 6.17. The van der Waals surface area contributed by atoms with Crippen molar-refractivity contribution in [2.24, 2.45) is 0 Å². The van der Waals surface area contributed by atoms with E-state index in [1.807, 2.05) is 30.3 Å². The van der Waals surface area contributed by atoms with Crippen LogP contribution in [-0.4, -0.2) is 39.9 Å². The zero-order valence-corrected chi connectivity index (χ0v) is 21.8. The molecule has 1 aromatic heterocycles. The summed E-state index contributed by atoms with van der Waals surface area (Å²) >= 11 is 13.1. The summed E-state index contributed by atoms with van der Waals surface area (Å²) in [7, 11) is 0. The van der Waals surface area contributed by atoms with Gasteiger partial charge in [-0.25, -0.2) is 9.78 Å². The van der Waals surface area contributed by atoms with Crippen molar-refractivity contribution in [3.8, 4) is 0 Å². The Kier molecular flexibility index (Phi) is 9.84. The Morgan fingerprint density at radius 1 is 1.03 bits per heavy atom. The Balaban J connectivity index is 1.55. The first kappa shape index (κ1) is 27.9. The van der Waals surface area contributed by atoms with Crippen LogP contribution in [0, 0.1) is 0 Å². The minimum atomic E-state index is -1.15. The van der Waals surface area contributed by atoms with Gasteiger partial charge in [-0.15, -0.1) is 11.3 Å². The number of nitrogens with zero attached hydrogens (tertiary/aromatic N) is 1. The van der Waals surface area contributed by atoms with Crippen LogP contribution in [0.4, 0.5) is 9.93 Å². The maximum absolute atomic E-state index is 12.7. The second kappa shape index (κ2) is 13.0. The fraction of sp³-hybridized carbons (Fsp3) is 0.208. The summed E-state index contributed by atoms with van der Waals surface area (Å²) in [6.45, 7) is 1.76. The topological polar surface area (TPSA) is 150 Å². The van der Waals surface area contributed by atoms with Crippen LogP contribution >= 0.6 is 34.5 Å². The number of carboxylic acid groups (broad SMARTS) is 1. The van der Waals surface area contributed by atoms with Gasteiger partial charge < -0.3 is 21.1 Å². The molecule has 0 spiro atoms. The first-order valence-electron chi connectivity index (χ1n) is 10.9. The van der Waals surface area contributed by atoms with E-state index in [1.54, 1.807) is 0 Å². The largest absolute Gasteiger partial charge is 0.481 e. The number of nitrogens with one attached hydrogen (secondary N) is 4. The number of hydrogen-bond acceptors (Lipinski definition) is 6. The molecule has 5 N–H and O–H groups in total. The number of rotatable bonds is 10. The lowest BCUT2D eigenvalue weighted by molar-refractivity contribution is -0.137. The molecule has 4 amide bonds. The number of thiazole rings is 1. The molecule has 0 radical (unpaired) electrons. The Bertz CT molecular complexity index is 1270. The van der Waals surface area contributed by atoms with Crippen LogP contribution < -0.4 is 21.3 Å². The number of aliphatic carboxylic acids is 1. The van der Waals surface area contributed by atoms with Crippen molar-refractivity contribution in [3.63, 3.8) is 0 Å². The lowest BCUT2D eigenvalue weighted by Crippen LogP contribution is -2.46. The molecular formula is C24H23Cl2N5O5S. The second-order valence-corrected chi connectivity index (χ2v) is 9.62. The quantitative estimate of drug-likeness (QED) is 0.249. The van der Waals surface area contributed by atoms with Gasteiger partial charge in [0.15, 0.2) is 5.13 Å². The highest BCUT2D eigenvalue weighted by molar-refractivity contribution is 7.14. The van der Waals surface area contributed by atoms with Crippen molar-refractivity contribution in [1.29, 1.82) is 0 Å². The second-order valence-electron chi connectivity index (χ2n) is 7.89. The number of benzene rings is 2. The number of carbonyl (C=O) groups is 4. The van der Waals surface area contributed by atoms with E-state index in [0.29, 0.717) is 12.1 Å². The molecule has 0 aliphatic heterocycles. The predicted octanol–water partition coefficient (Wildman–Crippen LogP) is 4.22. The number of carbonyl (C=O) groups excluding carboxylic acids is 3. The van der Waals surface area contributed by atoms with E-state index in [0.717, 1.165) is 16.9 Å². The standard InChI is InChI=1S/C24H23Cl2N5O5S/c1-13(21(34)29-18(10-20(32)33)15-7-16(25)9-17(26)8-15)28-22(35)19-12-37-24(30-19)31-23(36)27-11-14-5-3-2-4-6-14/h2-9,12-13,18H,10-11H2,1H3,(H,28,35)(H,29,34)(H,32,33)(H2,27,30,31,36)/t13-,18?/m0/s1. The van der Waals surface area contributed by atoms with Crippen molar-refractivity contribution < 1.29 is 24.3 Å². The summed E-state index contributed by atoms with van der Waals surface area (Å²) in [4.78, 5) is 52.8. The molecule has 3 aromatic rings. The van der Waals surface area contributed by atoms with Crippen molar-refractivity contribution in [2.45, 2.75) is 32.0 Å². The predicted molar refractivity (Wildman–Crippen MR) is 141 cm³/mol. The van der Waals surface area contributed by atoms with Crippen LogP contribution in [0.2, 0.25) is 10.0 Å². The molecule has 10 nitrogen and oxygen atoms in total. The highest BCUT2D eigenvalue weighted by Crippen LogP contribution is 2.25. The third kappa shape index (κ3) is 8.74. The number of urea groups is 1. The Morgan fingerprint density at radius 2 is 1.70 bits per heavy atom. The lowest BCUT2D eigenvalue weighted by Gasteiger charge is -2.21. The van der Waals surface area contributed by atoms with Gasteiger partial charge in [-0.05, 0) is 36.2 Å². The average Bonchev–Trinajstić information content (AvgIpc) is 3.30. The number of hydrogen-bond donors (Lipinski definition) is 5. The van der Waals surface area contributed by atoms with Crippen LogP contribution in [0.15, 0.2) is 53.9 Å². The monoisotopic (exact) mass is 563 g/mol. The minimum Gasteiger partial charge on any atom is -0.481 e. The fourth-order valence-electron chi connectivity index (χ4n) is 3.19. The summed E-state index contributed by atoms with van der Waals surface area (Å²) in [5.41, 5.74) is 1.34. The summed E-state index contributed by atoms with van der Waals surface area (Å²) in [5, 5.41) is 21.8. The normalized spacial score (nSPS) is 12.2. The molecule has 0 bridgehead atoms. The van der Waals surface area contributed by atoms with E-state index < -0.39 is 42.3 Å². The molecule has 2 atom stereocenters. The smallest absolute Gasteiger partial charge is 0.321 e. The maximum atomic E-state index is 12.7. The van der Waals surface area contributed by atoms with E-state index >= 15 is 0 Å². The van der Waals surface area contributed by atoms with Crippen LogP contribution in [-0.2, 0) is 16.1 Å². The van der Waals surface area contributed by atoms with Gasteiger partial charge in [0.25, 0.3) is 5.91 Å². The number of anilines is 1. The first-order valence-corrected chi connectivity index (χ1v) is 12.6. The summed E-state index contributed by atoms with van der Waals surface area (Å²) in [6, 6.07) is 11.4. The van der Waals surface area contributed by atoms with Crippen LogP contribution in [0.1, 0.15) is 41.0 Å². The molecule has 1 unspecified atom stereocenters. The van der Waals surface area contributed by atoms with Gasteiger partial charge in [0.2, 0.25) is 5.91 Å². The Labute approximate surface area is 226 Å². The van der Waals surface area contributed by atoms with E-state index in [4.69, 9.17) is 23.2 Å². The first-order chi connectivity index (χ1) is 17.6. The van der Waals surface area contributed by atoms with Gasteiger partial charge in [0, 0.05) is 22.0 Å². The van der Waals surface area contributed by atoms with Gasteiger partial charge >= 0.3 is 12.0 Å². The van der Waals surface area contributed by atoms with Crippen LogP contribution in [0.5, 0.6) is 0 Å². The number of halogens is 2. The maximum Gasteiger partial charge on any atom is 0.321 e. The van der Waals surface area contributed by atoms with E-state index in [9.17, 15) is 24.3 Å². The molecular weight excluding hydrogens is 541 g/mol. The van der Waals surface area contributed by atoms with Crippen molar-refractivity contribution in [3.05, 3.63) is 80.8 Å². The Hall–Kier alpha value is -3.67. The molecule has 37 heavy (non-hydrogen) atoms. The fourth-order valence-corrected chi connectivity index (χ4v) is 4.42. The molecule has 0 fully saturated rings. The SMILES string of the molecule is C[C@H](NC(=O)c1csc(NC(=O)NCc2ccccc2)n1)C(=O)NC(CC(=O)O)c1cc(Cl)cc(Cl)c1. The van der Waals surface area contributed by atoms with E-state index in [2.05, 4.69) is 26.3 Å². The molecule has 0 saturated carbocycles. The number of aromatic nitrogens is 1. The van der Waals surface area contributed by atoms with Gasteiger partial charge in [-0.2, -0.15) is 0 Å². The molecule has 3 rings (SSSR count). The summed E-state index contributed by atoms with van der Waals surface area (Å²) in [6.07, 6.45) is -0.420. The number of carboxylic acids is 1. The third-order valence-electron chi connectivity index (χ3n) is 4.98. The minimum absolute atomic E-state index is 0.00622. The molecule has 0 aliphatic rings. The summed E-state index contributed by atoms with van der Waals surface area (Å²) in [5.74, 6) is -2.41. The highest BCUT2D eigenvalue weighted by Gasteiger charge is 2.24. The highest BCUT2D eigenvalue weighted by atomic mass is 35.5. The molecule has 2 aromatic carbocycles. The zero-order chi connectivity index (χ0) is 26.9. The van der Waals surface area contributed by atoms with E-state index in [-0.39, 0.29) is 20.9 Å². The molecule has 1 heterocycles. The Morgan fingerprint density at radius 3 is 2.35 bits per heavy atom. The van der Waals surface area contributed by atoms with Crippen LogP contribution in [0.3, 0.4) is 0 Å². The van der Waals surface area contributed by atoms with Crippen LogP contribution in [0.25, 0.3) is 0 Å². The van der Waals surface area contributed by atoms with E-state index in [1.165, 1.54) is 30.5 Å². The zero-order valence-electron chi connectivity index (χ0n) is 19.5. The lowest BCUT2D eigenvalue weighted by atomic mass is 10.0. The summed E-state index contributed by atoms with van der Waals surface area (Å²) < 4.78 is 0. The van der Waals surface area contributed by atoms with Crippen molar-refractivity contribution >= 4 is 63.5 Å². The van der Waals surface area contributed by atoms with Crippen molar-refractivity contribution in [1.82, 2.24) is 20.9 Å². The number of amides is 4. The van der Waals surface area contributed by atoms with Crippen molar-refractivity contribution in [2.75, 3.05) is 5.32 Å². The van der Waals surface area contributed by atoms with Gasteiger partial charge in [-0.1, -0.05) is 53.5 Å². The van der Waals surface area contributed by atoms with Gasteiger partial charge in [0.05, 0.1) is 12.5 Å². The molecule has 13 heteroatoms.